The molecule has 2 aliphatic rings. The number of fused-ring (bicyclic) bond motifs is 1. The van der Waals surface area contributed by atoms with Gasteiger partial charge in [-0.2, -0.15) is 5.10 Å². The molecule has 10 heteroatoms. The second-order valence-electron chi connectivity index (χ2n) is 7.93. The number of nitrogens with zero attached hydrogens (tertiary/aromatic N) is 3. The van der Waals surface area contributed by atoms with E-state index in [9.17, 15) is 22.8 Å². The molecule has 31 heavy (non-hydrogen) atoms. The van der Waals surface area contributed by atoms with Gasteiger partial charge in [-0.15, -0.1) is 0 Å². The van der Waals surface area contributed by atoms with Crippen LogP contribution < -0.4 is 4.74 Å². The molecular formula is C21H23F3N4O3. The summed E-state index contributed by atoms with van der Waals surface area (Å²) in [4.78, 5) is 28.3. The van der Waals surface area contributed by atoms with Gasteiger partial charge in [0.15, 0.2) is 11.9 Å². The lowest BCUT2D eigenvalue weighted by atomic mass is 10.0. The topological polar surface area (TPSA) is 78.5 Å². The number of H-pyrrole nitrogens is 1. The number of aromatic nitrogens is 2. The zero-order chi connectivity index (χ0) is 22.3. The number of likely N-dealkylation sites (tertiary alicyclic amines) is 1. The molecule has 2 amide bonds. The summed E-state index contributed by atoms with van der Waals surface area (Å²) in [6.45, 7) is 1.41. The molecule has 7 nitrogen and oxygen atoms in total. The Labute approximate surface area is 177 Å². The van der Waals surface area contributed by atoms with Gasteiger partial charge in [-0.25, -0.2) is 13.2 Å². The van der Waals surface area contributed by atoms with Crippen molar-refractivity contribution in [2.75, 3.05) is 20.2 Å². The zero-order valence-electron chi connectivity index (χ0n) is 17.3. The summed E-state index contributed by atoms with van der Waals surface area (Å²) >= 11 is 0. The molecule has 0 radical (unpaired) electrons. The van der Waals surface area contributed by atoms with Crippen LogP contribution in [0, 0.1) is 6.92 Å². The first-order valence-corrected chi connectivity index (χ1v) is 9.98. The van der Waals surface area contributed by atoms with Crippen LogP contribution in [-0.4, -0.2) is 64.1 Å². The van der Waals surface area contributed by atoms with Gasteiger partial charge in [0.1, 0.15) is 5.75 Å². The van der Waals surface area contributed by atoms with Gasteiger partial charge in [0.05, 0.1) is 38.9 Å². The quantitative estimate of drug-likeness (QED) is 0.799. The van der Waals surface area contributed by atoms with E-state index in [2.05, 4.69) is 10.2 Å². The highest BCUT2D eigenvalue weighted by atomic mass is 19.3. The van der Waals surface area contributed by atoms with Gasteiger partial charge < -0.3 is 14.5 Å². The molecule has 0 aliphatic carbocycles. The van der Waals surface area contributed by atoms with E-state index in [0.717, 1.165) is 16.0 Å². The number of rotatable bonds is 4. The third-order valence-corrected chi connectivity index (χ3v) is 6.01. The van der Waals surface area contributed by atoms with Crippen LogP contribution in [-0.2, 0) is 24.3 Å². The molecule has 1 aromatic heterocycles. The van der Waals surface area contributed by atoms with E-state index in [4.69, 9.17) is 4.74 Å². The van der Waals surface area contributed by atoms with Crippen LogP contribution >= 0.6 is 0 Å². The SMILES string of the molecule is COc1cccc(CC(=O)N2Cc3[nH]nc(C(=O)N4CCC(F)(F)C(F)C4)c3C2)c1C. The van der Waals surface area contributed by atoms with Crippen molar-refractivity contribution in [2.24, 2.45) is 0 Å². The summed E-state index contributed by atoms with van der Waals surface area (Å²) < 4.78 is 45.8. The Bertz CT molecular complexity index is 1020. The molecule has 0 saturated carbocycles. The van der Waals surface area contributed by atoms with E-state index in [1.54, 1.807) is 12.0 Å². The number of hydrogen-bond acceptors (Lipinski definition) is 4. The van der Waals surface area contributed by atoms with Crippen molar-refractivity contribution in [2.45, 2.75) is 44.9 Å². The van der Waals surface area contributed by atoms with Crippen LogP contribution in [0.2, 0.25) is 0 Å². The van der Waals surface area contributed by atoms with Crippen molar-refractivity contribution >= 4 is 11.8 Å². The normalized spacial score (nSPS) is 20.0. The monoisotopic (exact) mass is 436 g/mol. The van der Waals surface area contributed by atoms with Crippen LogP contribution in [0.1, 0.15) is 39.3 Å². The second kappa shape index (κ2) is 7.90. The lowest BCUT2D eigenvalue weighted by Gasteiger charge is -2.34. The van der Waals surface area contributed by atoms with E-state index in [1.807, 2.05) is 25.1 Å². The number of piperidine rings is 1. The Kier molecular flexibility index (Phi) is 5.40. The molecule has 1 aromatic carbocycles. The van der Waals surface area contributed by atoms with Crippen molar-refractivity contribution in [3.8, 4) is 5.75 Å². The van der Waals surface area contributed by atoms with Crippen LogP contribution in [0.4, 0.5) is 13.2 Å². The molecule has 1 atom stereocenters. The van der Waals surface area contributed by atoms with Gasteiger partial charge in [-0.1, -0.05) is 12.1 Å². The van der Waals surface area contributed by atoms with Crippen molar-refractivity contribution in [3.05, 3.63) is 46.3 Å². The zero-order valence-corrected chi connectivity index (χ0v) is 17.3. The van der Waals surface area contributed by atoms with E-state index in [-0.39, 0.29) is 37.7 Å². The van der Waals surface area contributed by atoms with E-state index in [1.165, 1.54) is 0 Å². The molecule has 1 saturated heterocycles. The lowest BCUT2D eigenvalue weighted by molar-refractivity contribution is -0.131. The molecule has 2 aromatic rings. The predicted molar refractivity (Wildman–Crippen MR) is 105 cm³/mol. The fraction of sp³-hybridized carbons (Fsp3) is 0.476. The van der Waals surface area contributed by atoms with E-state index in [0.29, 0.717) is 17.0 Å². The third-order valence-electron chi connectivity index (χ3n) is 6.01. The minimum atomic E-state index is -3.42. The number of nitrogens with one attached hydrogen (secondary N) is 1. The van der Waals surface area contributed by atoms with Crippen LogP contribution in [0.5, 0.6) is 5.75 Å². The summed E-state index contributed by atoms with van der Waals surface area (Å²) in [7, 11) is 1.57. The first-order valence-electron chi connectivity index (χ1n) is 9.98. The molecule has 0 bridgehead atoms. The second-order valence-corrected chi connectivity index (χ2v) is 7.93. The highest BCUT2D eigenvalue weighted by Crippen LogP contribution is 2.32. The minimum absolute atomic E-state index is 0.0558. The number of amides is 2. The molecule has 1 N–H and O–H groups in total. The van der Waals surface area contributed by atoms with Gasteiger partial charge in [0.25, 0.3) is 11.8 Å². The molecule has 1 fully saturated rings. The van der Waals surface area contributed by atoms with Crippen molar-refractivity contribution in [1.82, 2.24) is 20.0 Å². The fourth-order valence-corrected chi connectivity index (χ4v) is 4.03. The van der Waals surface area contributed by atoms with E-state index < -0.39 is 31.0 Å². The number of ether oxygens (including phenoxy) is 1. The Morgan fingerprint density at radius 2 is 2.06 bits per heavy atom. The number of alkyl halides is 3. The Balaban J connectivity index is 1.45. The van der Waals surface area contributed by atoms with Crippen molar-refractivity contribution < 1.29 is 27.5 Å². The lowest BCUT2D eigenvalue weighted by Crippen LogP contribution is -2.50. The molecular weight excluding hydrogens is 413 g/mol. The predicted octanol–water partition coefficient (Wildman–Crippen LogP) is 2.63. The number of methoxy groups -OCH3 is 1. The maximum Gasteiger partial charge on any atom is 0.282 e. The summed E-state index contributed by atoms with van der Waals surface area (Å²) in [6, 6.07) is 5.51. The minimum Gasteiger partial charge on any atom is -0.496 e. The number of aromatic amines is 1. The van der Waals surface area contributed by atoms with Crippen LogP contribution in [0.3, 0.4) is 0 Å². The average molecular weight is 436 g/mol. The highest BCUT2D eigenvalue weighted by molar-refractivity contribution is 5.94. The maximum absolute atomic E-state index is 13.7. The maximum atomic E-state index is 13.7. The molecule has 166 valence electrons. The average Bonchev–Trinajstić information content (AvgIpc) is 3.32. The van der Waals surface area contributed by atoms with Crippen molar-refractivity contribution in [3.63, 3.8) is 0 Å². The summed E-state index contributed by atoms with van der Waals surface area (Å²) in [5.74, 6) is -3.45. The molecule has 0 spiro atoms. The highest BCUT2D eigenvalue weighted by Gasteiger charge is 2.46. The van der Waals surface area contributed by atoms with Crippen LogP contribution in [0.15, 0.2) is 18.2 Å². The molecule has 2 aliphatic heterocycles. The Morgan fingerprint density at radius 3 is 2.77 bits per heavy atom. The molecule has 4 rings (SSSR count). The van der Waals surface area contributed by atoms with Gasteiger partial charge in [-0.3, -0.25) is 14.7 Å². The molecule has 3 heterocycles. The molecule has 1 unspecified atom stereocenters. The van der Waals surface area contributed by atoms with Crippen LogP contribution in [0.25, 0.3) is 0 Å². The number of benzene rings is 1. The first kappa shape index (κ1) is 21.2. The largest absolute Gasteiger partial charge is 0.496 e. The van der Waals surface area contributed by atoms with E-state index >= 15 is 0 Å². The summed E-state index contributed by atoms with van der Waals surface area (Å²) in [5, 5.41) is 6.77. The third kappa shape index (κ3) is 3.86. The summed E-state index contributed by atoms with van der Waals surface area (Å²) in [6.07, 6.45) is -2.95. The standard InChI is InChI=1S/C21H23F3N4O3/c1-12-13(4-3-5-16(12)31-2)8-18(29)28-9-14-15(10-28)25-26-19(14)20(30)27-7-6-21(23,24)17(22)11-27/h3-5,17H,6-11H2,1-2H3,(H,25,26). The number of halogens is 3. The Hall–Kier alpha value is -3.04. The van der Waals surface area contributed by atoms with Gasteiger partial charge in [-0.05, 0) is 24.1 Å². The van der Waals surface area contributed by atoms with Gasteiger partial charge in [0, 0.05) is 18.5 Å². The summed E-state index contributed by atoms with van der Waals surface area (Å²) in [5.41, 5.74) is 2.96. The smallest absolute Gasteiger partial charge is 0.282 e. The first-order chi connectivity index (χ1) is 14.7. The number of carbonyl (C=O) groups excluding carboxylic acids is 2. The van der Waals surface area contributed by atoms with Gasteiger partial charge >= 0.3 is 0 Å². The van der Waals surface area contributed by atoms with Crippen molar-refractivity contribution in [1.29, 1.82) is 0 Å². The fourth-order valence-electron chi connectivity index (χ4n) is 4.03. The number of hydrogen-bond donors (Lipinski definition) is 1. The van der Waals surface area contributed by atoms with Gasteiger partial charge in [0.2, 0.25) is 5.91 Å². The Morgan fingerprint density at radius 1 is 1.29 bits per heavy atom. The number of carbonyl (C=O) groups is 2.